The van der Waals surface area contributed by atoms with E-state index < -0.39 is 11.6 Å². The SMILES string of the molecule is CCCCCCOC(=O)C1(NC(=O)OCC(C)(C)C)CCCC1. The summed E-state index contributed by atoms with van der Waals surface area (Å²) < 4.78 is 10.7. The number of alkyl carbamates (subject to hydrolysis) is 1. The van der Waals surface area contributed by atoms with Crippen molar-refractivity contribution in [2.24, 2.45) is 5.41 Å². The highest BCUT2D eigenvalue weighted by Gasteiger charge is 2.44. The molecule has 134 valence electrons. The topological polar surface area (TPSA) is 64.6 Å². The average molecular weight is 327 g/mol. The number of rotatable bonds is 8. The lowest BCUT2D eigenvalue weighted by Crippen LogP contribution is -2.53. The summed E-state index contributed by atoms with van der Waals surface area (Å²) in [5.41, 5.74) is -0.986. The van der Waals surface area contributed by atoms with Crippen molar-refractivity contribution in [2.75, 3.05) is 13.2 Å². The molecule has 0 saturated heterocycles. The van der Waals surface area contributed by atoms with Gasteiger partial charge in [-0.1, -0.05) is 59.8 Å². The largest absolute Gasteiger partial charge is 0.464 e. The lowest BCUT2D eigenvalue weighted by atomic mass is 9.98. The molecule has 1 fully saturated rings. The summed E-state index contributed by atoms with van der Waals surface area (Å²) in [6.45, 7) is 8.88. The van der Waals surface area contributed by atoms with E-state index in [0.29, 0.717) is 26.1 Å². The predicted octanol–water partition coefficient (Wildman–Crippen LogP) is 4.20. The maximum atomic E-state index is 12.4. The van der Waals surface area contributed by atoms with E-state index in [1.807, 2.05) is 20.8 Å². The number of amides is 1. The molecule has 0 aromatic carbocycles. The number of unbranched alkanes of at least 4 members (excludes halogenated alkanes) is 3. The van der Waals surface area contributed by atoms with Crippen molar-refractivity contribution in [3.63, 3.8) is 0 Å². The third kappa shape index (κ3) is 7.23. The van der Waals surface area contributed by atoms with Gasteiger partial charge < -0.3 is 14.8 Å². The Morgan fingerprint density at radius 3 is 2.26 bits per heavy atom. The molecule has 1 amide bonds. The molecule has 0 aromatic rings. The molecule has 5 heteroatoms. The van der Waals surface area contributed by atoms with Crippen LogP contribution in [0.25, 0.3) is 0 Å². The fraction of sp³-hybridized carbons (Fsp3) is 0.889. The normalized spacial score (nSPS) is 16.9. The van der Waals surface area contributed by atoms with Gasteiger partial charge in [0, 0.05) is 0 Å². The van der Waals surface area contributed by atoms with E-state index in [9.17, 15) is 9.59 Å². The minimum atomic E-state index is -0.889. The highest BCUT2D eigenvalue weighted by molar-refractivity contribution is 5.86. The van der Waals surface area contributed by atoms with Crippen LogP contribution in [0.1, 0.15) is 79.1 Å². The molecule has 0 spiro atoms. The molecular weight excluding hydrogens is 294 g/mol. The molecule has 0 unspecified atom stereocenters. The van der Waals surface area contributed by atoms with Gasteiger partial charge in [-0.2, -0.15) is 0 Å². The van der Waals surface area contributed by atoms with Crippen molar-refractivity contribution >= 4 is 12.1 Å². The van der Waals surface area contributed by atoms with E-state index >= 15 is 0 Å². The van der Waals surface area contributed by atoms with Gasteiger partial charge in [0.1, 0.15) is 5.54 Å². The van der Waals surface area contributed by atoms with Gasteiger partial charge in [0.05, 0.1) is 13.2 Å². The lowest BCUT2D eigenvalue weighted by molar-refractivity contribution is -0.151. The summed E-state index contributed by atoms with van der Waals surface area (Å²) in [4.78, 5) is 24.5. The van der Waals surface area contributed by atoms with Crippen LogP contribution in [0.15, 0.2) is 0 Å². The smallest absolute Gasteiger partial charge is 0.408 e. The van der Waals surface area contributed by atoms with Crippen LogP contribution in [0, 0.1) is 5.41 Å². The molecule has 1 aliphatic carbocycles. The molecular formula is C18H33NO4. The zero-order chi connectivity index (χ0) is 17.3. The first kappa shape index (κ1) is 19.8. The van der Waals surface area contributed by atoms with Crippen LogP contribution in [0.5, 0.6) is 0 Å². The number of hydrogen-bond acceptors (Lipinski definition) is 4. The molecule has 0 aromatic heterocycles. The summed E-state index contributed by atoms with van der Waals surface area (Å²) in [6.07, 6.45) is 6.83. The first-order valence-electron chi connectivity index (χ1n) is 8.91. The van der Waals surface area contributed by atoms with Crippen molar-refractivity contribution in [1.29, 1.82) is 0 Å². The van der Waals surface area contributed by atoms with Crippen LogP contribution in [0.4, 0.5) is 4.79 Å². The highest BCUT2D eigenvalue weighted by atomic mass is 16.6. The Morgan fingerprint density at radius 1 is 1.04 bits per heavy atom. The Balaban J connectivity index is 2.47. The van der Waals surface area contributed by atoms with Crippen LogP contribution in [-0.4, -0.2) is 30.8 Å². The fourth-order valence-corrected chi connectivity index (χ4v) is 2.70. The Kier molecular flexibility index (Phi) is 7.86. The maximum absolute atomic E-state index is 12.4. The van der Waals surface area contributed by atoms with Crippen molar-refractivity contribution in [3.05, 3.63) is 0 Å². The first-order chi connectivity index (χ1) is 10.8. The zero-order valence-corrected chi connectivity index (χ0v) is 15.2. The van der Waals surface area contributed by atoms with Gasteiger partial charge in [-0.25, -0.2) is 9.59 Å². The van der Waals surface area contributed by atoms with Gasteiger partial charge >= 0.3 is 12.1 Å². The fourth-order valence-electron chi connectivity index (χ4n) is 2.70. The second-order valence-electron chi connectivity index (χ2n) is 7.75. The Bertz CT molecular complexity index is 381. The van der Waals surface area contributed by atoms with Gasteiger partial charge in [0.2, 0.25) is 0 Å². The molecule has 23 heavy (non-hydrogen) atoms. The average Bonchev–Trinajstić information content (AvgIpc) is 2.94. The van der Waals surface area contributed by atoms with Crippen LogP contribution in [0.2, 0.25) is 0 Å². The number of ether oxygens (including phenoxy) is 2. The molecule has 1 rings (SSSR count). The molecule has 0 heterocycles. The van der Waals surface area contributed by atoms with E-state index in [0.717, 1.165) is 38.5 Å². The third-order valence-electron chi connectivity index (χ3n) is 4.06. The molecule has 0 aliphatic heterocycles. The van der Waals surface area contributed by atoms with Crippen LogP contribution in [0.3, 0.4) is 0 Å². The molecule has 5 nitrogen and oxygen atoms in total. The standard InChI is InChI=1S/C18H33NO4/c1-5-6-7-10-13-22-15(20)18(11-8-9-12-18)19-16(21)23-14-17(2,3)4/h5-14H2,1-4H3,(H,19,21). The number of carbonyl (C=O) groups is 2. The second kappa shape index (κ2) is 9.14. The molecule has 1 aliphatic rings. The number of esters is 1. The maximum Gasteiger partial charge on any atom is 0.408 e. The molecule has 1 N–H and O–H groups in total. The van der Waals surface area contributed by atoms with Gasteiger partial charge in [-0.05, 0) is 24.7 Å². The summed E-state index contributed by atoms with van der Waals surface area (Å²) in [5, 5.41) is 2.78. The summed E-state index contributed by atoms with van der Waals surface area (Å²) in [7, 11) is 0. The van der Waals surface area contributed by atoms with E-state index in [2.05, 4.69) is 12.2 Å². The lowest BCUT2D eigenvalue weighted by Gasteiger charge is -2.28. The van der Waals surface area contributed by atoms with E-state index in [-0.39, 0.29) is 11.4 Å². The molecule has 0 radical (unpaired) electrons. The second-order valence-corrected chi connectivity index (χ2v) is 7.75. The molecule has 1 saturated carbocycles. The minimum Gasteiger partial charge on any atom is -0.464 e. The summed E-state index contributed by atoms with van der Waals surface area (Å²) in [5.74, 6) is -0.306. The van der Waals surface area contributed by atoms with Crippen molar-refractivity contribution in [1.82, 2.24) is 5.32 Å². The Morgan fingerprint density at radius 2 is 1.70 bits per heavy atom. The van der Waals surface area contributed by atoms with Crippen molar-refractivity contribution in [3.8, 4) is 0 Å². The van der Waals surface area contributed by atoms with Gasteiger partial charge in [0.25, 0.3) is 0 Å². The molecule has 0 atom stereocenters. The van der Waals surface area contributed by atoms with Crippen molar-refractivity contribution < 1.29 is 19.1 Å². The zero-order valence-electron chi connectivity index (χ0n) is 15.2. The first-order valence-corrected chi connectivity index (χ1v) is 8.91. The number of hydrogen-bond donors (Lipinski definition) is 1. The summed E-state index contributed by atoms with van der Waals surface area (Å²) >= 11 is 0. The van der Waals surface area contributed by atoms with Gasteiger partial charge in [-0.15, -0.1) is 0 Å². The van der Waals surface area contributed by atoms with Crippen LogP contribution in [-0.2, 0) is 14.3 Å². The Hall–Kier alpha value is -1.26. The third-order valence-corrected chi connectivity index (χ3v) is 4.06. The number of carbonyl (C=O) groups excluding carboxylic acids is 2. The van der Waals surface area contributed by atoms with Crippen LogP contribution < -0.4 is 5.32 Å². The predicted molar refractivity (Wildman–Crippen MR) is 90.2 cm³/mol. The van der Waals surface area contributed by atoms with Gasteiger partial charge in [-0.3, -0.25) is 0 Å². The van der Waals surface area contributed by atoms with Crippen molar-refractivity contribution in [2.45, 2.75) is 84.6 Å². The Labute approximate surface area is 140 Å². The van der Waals surface area contributed by atoms with Crippen LogP contribution >= 0.6 is 0 Å². The quantitative estimate of drug-likeness (QED) is 0.536. The van der Waals surface area contributed by atoms with E-state index in [1.165, 1.54) is 0 Å². The minimum absolute atomic E-state index is 0.0973. The molecule has 0 bridgehead atoms. The number of nitrogens with one attached hydrogen (secondary N) is 1. The summed E-state index contributed by atoms with van der Waals surface area (Å²) in [6, 6.07) is 0. The van der Waals surface area contributed by atoms with Gasteiger partial charge in [0.15, 0.2) is 0 Å². The van der Waals surface area contributed by atoms with E-state index in [1.54, 1.807) is 0 Å². The monoisotopic (exact) mass is 327 g/mol. The van der Waals surface area contributed by atoms with E-state index in [4.69, 9.17) is 9.47 Å². The highest BCUT2D eigenvalue weighted by Crippen LogP contribution is 2.31.